The van der Waals surface area contributed by atoms with Crippen molar-refractivity contribution in [1.29, 1.82) is 0 Å². The molecule has 0 aromatic carbocycles. The molecule has 0 atom stereocenters. The molecular formula is C16H14N2O2S. The maximum atomic E-state index is 5.57. The van der Waals surface area contributed by atoms with Crippen LogP contribution in [-0.4, -0.2) is 23.2 Å². The molecule has 0 bridgehead atoms. The zero-order valence-corrected chi connectivity index (χ0v) is 12.2. The first-order chi connectivity index (χ1) is 10.4. The van der Waals surface area contributed by atoms with Crippen molar-refractivity contribution in [3.63, 3.8) is 0 Å². The Bertz CT molecular complexity index is 715. The molecule has 4 nitrogen and oxygen atoms in total. The lowest BCUT2D eigenvalue weighted by molar-refractivity contribution is -0.185. The standard InChI is InChI=1S/C16H14N2O2S/c1-3-14-13(17-6-1)9-15(21-14)11-4-5-12(18-10-11)16-19-7-2-8-20-16/h1,3-6,9-10,16H,2,7-8H2. The van der Waals surface area contributed by atoms with Crippen LogP contribution in [0.3, 0.4) is 0 Å². The molecule has 0 amide bonds. The van der Waals surface area contributed by atoms with Crippen LogP contribution in [0.25, 0.3) is 20.7 Å². The summed E-state index contributed by atoms with van der Waals surface area (Å²) in [5, 5.41) is 0. The Morgan fingerprint density at radius 2 is 2.00 bits per heavy atom. The molecule has 0 aliphatic carbocycles. The largest absolute Gasteiger partial charge is 0.347 e. The summed E-state index contributed by atoms with van der Waals surface area (Å²) in [5.41, 5.74) is 2.95. The van der Waals surface area contributed by atoms with Gasteiger partial charge in [-0.05, 0) is 30.7 Å². The average Bonchev–Trinajstić information content (AvgIpc) is 3.00. The zero-order chi connectivity index (χ0) is 14.1. The zero-order valence-electron chi connectivity index (χ0n) is 11.4. The Morgan fingerprint density at radius 3 is 2.76 bits per heavy atom. The predicted octanol–water partition coefficient (Wildman–Crippen LogP) is 3.79. The lowest BCUT2D eigenvalue weighted by atomic mass is 10.2. The summed E-state index contributed by atoms with van der Waals surface area (Å²) in [7, 11) is 0. The molecule has 0 saturated carbocycles. The molecule has 1 fully saturated rings. The Balaban J connectivity index is 1.63. The van der Waals surface area contributed by atoms with Gasteiger partial charge >= 0.3 is 0 Å². The maximum Gasteiger partial charge on any atom is 0.201 e. The highest BCUT2D eigenvalue weighted by Crippen LogP contribution is 2.32. The fourth-order valence-electron chi connectivity index (χ4n) is 2.36. The molecule has 3 aromatic heterocycles. The molecule has 1 saturated heterocycles. The van der Waals surface area contributed by atoms with E-state index in [0.717, 1.165) is 36.4 Å². The van der Waals surface area contributed by atoms with Crippen LogP contribution in [-0.2, 0) is 9.47 Å². The summed E-state index contributed by atoms with van der Waals surface area (Å²) in [5.74, 6) is 0. The van der Waals surface area contributed by atoms with Gasteiger partial charge in [-0.2, -0.15) is 0 Å². The lowest BCUT2D eigenvalue weighted by Crippen LogP contribution is -2.18. The third-order valence-corrected chi connectivity index (χ3v) is 4.57. The Kier molecular flexibility index (Phi) is 3.39. The molecule has 3 aromatic rings. The van der Waals surface area contributed by atoms with Crippen LogP contribution in [0.5, 0.6) is 0 Å². The SMILES string of the molecule is c1cnc2cc(-c3ccc(C4OCCCO4)nc3)sc2c1. The second-order valence-electron chi connectivity index (χ2n) is 4.90. The average molecular weight is 298 g/mol. The van der Waals surface area contributed by atoms with Crippen molar-refractivity contribution in [1.82, 2.24) is 9.97 Å². The number of rotatable bonds is 2. The van der Waals surface area contributed by atoms with E-state index < -0.39 is 0 Å². The minimum absolute atomic E-state index is 0.322. The number of hydrogen-bond acceptors (Lipinski definition) is 5. The van der Waals surface area contributed by atoms with Crippen LogP contribution < -0.4 is 0 Å². The first-order valence-electron chi connectivity index (χ1n) is 6.94. The van der Waals surface area contributed by atoms with Crippen LogP contribution in [0, 0.1) is 0 Å². The highest BCUT2D eigenvalue weighted by molar-refractivity contribution is 7.22. The Morgan fingerprint density at radius 1 is 1.10 bits per heavy atom. The van der Waals surface area contributed by atoms with Crippen molar-refractivity contribution in [3.8, 4) is 10.4 Å². The monoisotopic (exact) mass is 298 g/mol. The number of ether oxygens (including phenoxy) is 2. The normalized spacial score (nSPS) is 16.4. The number of hydrogen-bond donors (Lipinski definition) is 0. The van der Waals surface area contributed by atoms with E-state index >= 15 is 0 Å². The summed E-state index contributed by atoms with van der Waals surface area (Å²) < 4.78 is 12.3. The highest BCUT2D eigenvalue weighted by atomic mass is 32.1. The van der Waals surface area contributed by atoms with Crippen LogP contribution in [0.15, 0.2) is 42.7 Å². The summed E-state index contributed by atoms with van der Waals surface area (Å²) in [6, 6.07) is 10.2. The molecule has 4 heterocycles. The molecule has 106 valence electrons. The van der Waals surface area contributed by atoms with Crippen LogP contribution in [0.2, 0.25) is 0 Å². The Hall–Kier alpha value is -1.82. The fourth-order valence-corrected chi connectivity index (χ4v) is 3.37. The van der Waals surface area contributed by atoms with Crippen LogP contribution >= 0.6 is 11.3 Å². The smallest absolute Gasteiger partial charge is 0.201 e. The van der Waals surface area contributed by atoms with Crippen molar-refractivity contribution in [2.24, 2.45) is 0 Å². The van der Waals surface area contributed by atoms with E-state index in [4.69, 9.17) is 9.47 Å². The summed E-state index contributed by atoms with van der Waals surface area (Å²) in [4.78, 5) is 10.0. The molecule has 0 radical (unpaired) electrons. The maximum absolute atomic E-state index is 5.57. The minimum atomic E-state index is -0.322. The number of aromatic nitrogens is 2. The predicted molar refractivity (Wildman–Crippen MR) is 82.1 cm³/mol. The van der Waals surface area contributed by atoms with E-state index in [0.29, 0.717) is 0 Å². The molecule has 1 aliphatic rings. The van der Waals surface area contributed by atoms with Gasteiger partial charge < -0.3 is 9.47 Å². The topological polar surface area (TPSA) is 44.2 Å². The lowest BCUT2D eigenvalue weighted by Gasteiger charge is -2.22. The number of thiophene rings is 1. The number of nitrogens with zero attached hydrogens (tertiary/aromatic N) is 2. The summed E-state index contributed by atoms with van der Waals surface area (Å²) in [6.45, 7) is 1.46. The van der Waals surface area contributed by atoms with Gasteiger partial charge in [0.25, 0.3) is 0 Å². The van der Waals surface area contributed by atoms with Gasteiger partial charge in [-0.25, -0.2) is 0 Å². The quantitative estimate of drug-likeness (QED) is 0.722. The third kappa shape index (κ3) is 2.55. The van der Waals surface area contributed by atoms with Gasteiger partial charge in [0, 0.05) is 22.8 Å². The van der Waals surface area contributed by atoms with Crippen molar-refractivity contribution in [2.75, 3.05) is 13.2 Å². The highest BCUT2D eigenvalue weighted by Gasteiger charge is 2.17. The van der Waals surface area contributed by atoms with E-state index in [1.54, 1.807) is 11.3 Å². The van der Waals surface area contributed by atoms with Crippen LogP contribution in [0.4, 0.5) is 0 Å². The van der Waals surface area contributed by atoms with E-state index in [2.05, 4.69) is 28.2 Å². The second-order valence-corrected chi connectivity index (χ2v) is 5.98. The van der Waals surface area contributed by atoms with E-state index in [9.17, 15) is 0 Å². The Labute approximate surface area is 126 Å². The number of pyridine rings is 2. The molecule has 0 spiro atoms. The van der Waals surface area contributed by atoms with Gasteiger partial charge in [0.2, 0.25) is 6.29 Å². The van der Waals surface area contributed by atoms with Crippen molar-refractivity contribution >= 4 is 21.6 Å². The first-order valence-corrected chi connectivity index (χ1v) is 7.76. The minimum Gasteiger partial charge on any atom is -0.347 e. The van der Waals surface area contributed by atoms with Gasteiger partial charge in [0.1, 0.15) is 0 Å². The van der Waals surface area contributed by atoms with Crippen LogP contribution in [0.1, 0.15) is 18.4 Å². The van der Waals surface area contributed by atoms with Gasteiger partial charge in [-0.15, -0.1) is 11.3 Å². The summed E-state index contributed by atoms with van der Waals surface area (Å²) in [6.07, 6.45) is 4.32. The van der Waals surface area contributed by atoms with Crippen molar-refractivity contribution in [3.05, 3.63) is 48.4 Å². The molecule has 5 heteroatoms. The van der Waals surface area contributed by atoms with Gasteiger partial charge in [0.15, 0.2) is 0 Å². The van der Waals surface area contributed by atoms with E-state index in [1.165, 1.54) is 9.58 Å². The molecule has 21 heavy (non-hydrogen) atoms. The second kappa shape index (κ2) is 5.52. The number of fused-ring (bicyclic) bond motifs is 1. The van der Waals surface area contributed by atoms with E-state index in [1.807, 2.05) is 24.5 Å². The molecule has 0 unspecified atom stereocenters. The fraction of sp³-hybridized carbons (Fsp3) is 0.250. The molecule has 0 N–H and O–H groups in total. The molecule has 1 aliphatic heterocycles. The first kappa shape index (κ1) is 12.9. The van der Waals surface area contributed by atoms with Gasteiger partial charge in [-0.3, -0.25) is 9.97 Å². The molecule has 4 rings (SSSR count). The van der Waals surface area contributed by atoms with Crippen molar-refractivity contribution in [2.45, 2.75) is 12.7 Å². The van der Waals surface area contributed by atoms with Crippen molar-refractivity contribution < 1.29 is 9.47 Å². The molecular weight excluding hydrogens is 284 g/mol. The third-order valence-electron chi connectivity index (χ3n) is 3.43. The van der Waals surface area contributed by atoms with Gasteiger partial charge in [0.05, 0.1) is 29.1 Å². The van der Waals surface area contributed by atoms with Gasteiger partial charge in [-0.1, -0.05) is 6.07 Å². The van der Waals surface area contributed by atoms with E-state index in [-0.39, 0.29) is 6.29 Å². The summed E-state index contributed by atoms with van der Waals surface area (Å²) >= 11 is 1.73.